The lowest BCUT2D eigenvalue weighted by Gasteiger charge is -1.90. The third-order valence-corrected chi connectivity index (χ3v) is 1.39. The quantitative estimate of drug-likeness (QED) is 0.630. The second kappa shape index (κ2) is 5.99. The maximum Gasteiger partial charge on any atom is 0.320 e. The van der Waals surface area contributed by atoms with Crippen LogP contribution in [0.2, 0.25) is 0 Å². The highest BCUT2D eigenvalue weighted by atomic mass is 16.4. The highest BCUT2D eigenvalue weighted by Gasteiger charge is 1.99. The van der Waals surface area contributed by atoms with Gasteiger partial charge in [0, 0.05) is 0 Å². The summed E-state index contributed by atoms with van der Waals surface area (Å²) in [5, 5.41) is 16.7. The molecular weight excluding hydrogens is 182 g/mol. The first-order valence-electron chi connectivity index (χ1n) is 4.17. The minimum atomic E-state index is -0.963. The fraction of sp³-hybridized carbons (Fsp3) is 0.300. The van der Waals surface area contributed by atoms with Crippen molar-refractivity contribution in [3.05, 3.63) is 29.8 Å². The van der Waals surface area contributed by atoms with Crippen LogP contribution in [0.5, 0.6) is 5.75 Å². The number of aliphatic carboxylic acids is 1. The van der Waals surface area contributed by atoms with E-state index in [9.17, 15) is 4.79 Å². The zero-order valence-electron chi connectivity index (χ0n) is 8.27. The predicted molar refractivity (Wildman–Crippen MR) is 54.1 cm³/mol. The number of hydrogen-bond acceptors (Lipinski definition) is 3. The van der Waals surface area contributed by atoms with Crippen molar-refractivity contribution in [2.75, 3.05) is 0 Å². The lowest BCUT2D eigenvalue weighted by molar-refractivity contribution is -0.138. The number of nitrogens with two attached hydrogens (primary N) is 1. The van der Waals surface area contributed by atoms with Crippen LogP contribution in [-0.4, -0.2) is 22.2 Å². The van der Waals surface area contributed by atoms with E-state index in [1.807, 2.05) is 19.1 Å². The van der Waals surface area contributed by atoms with Crippen LogP contribution in [0, 0.1) is 6.92 Å². The maximum atomic E-state index is 9.57. The van der Waals surface area contributed by atoms with E-state index in [0.29, 0.717) is 5.75 Å². The van der Waals surface area contributed by atoms with E-state index < -0.39 is 12.0 Å². The molecule has 0 amide bonds. The molecule has 0 bridgehead atoms. The molecule has 0 aliphatic rings. The van der Waals surface area contributed by atoms with Gasteiger partial charge in [-0.2, -0.15) is 0 Å². The maximum absolute atomic E-state index is 9.57. The van der Waals surface area contributed by atoms with E-state index in [1.54, 1.807) is 12.1 Å². The minimum Gasteiger partial charge on any atom is -0.508 e. The average Bonchev–Trinajstić information content (AvgIpc) is 2.04. The Bertz CT molecular complexity index is 280. The van der Waals surface area contributed by atoms with Crippen molar-refractivity contribution in [3.8, 4) is 5.75 Å². The van der Waals surface area contributed by atoms with E-state index in [-0.39, 0.29) is 0 Å². The van der Waals surface area contributed by atoms with Crippen LogP contribution in [0.3, 0.4) is 0 Å². The van der Waals surface area contributed by atoms with Gasteiger partial charge in [-0.25, -0.2) is 0 Å². The summed E-state index contributed by atoms with van der Waals surface area (Å²) in [6.07, 6.45) is 0. The molecule has 0 saturated carbocycles. The van der Waals surface area contributed by atoms with E-state index in [4.69, 9.17) is 15.9 Å². The zero-order chi connectivity index (χ0) is 11.1. The molecule has 0 heterocycles. The second-order valence-corrected chi connectivity index (χ2v) is 2.97. The Kier molecular flexibility index (Phi) is 5.33. The predicted octanol–water partition coefficient (Wildman–Crippen LogP) is 1.12. The Hall–Kier alpha value is -1.55. The number of hydrogen-bond donors (Lipinski definition) is 3. The molecule has 14 heavy (non-hydrogen) atoms. The summed E-state index contributed by atoms with van der Waals surface area (Å²) in [7, 11) is 0. The van der Waals surface area contributed by atoms with Crippen molar-refractivity contribution in [1.29, 1.82) is 0 Å². The number of carbonyl (C=O) groups is 1. The number of aromatic hydroxyl groups is 1. The fourth-order valence-corrected chi connectivity index (χ4v) is 0.628. The Morgan fingerprint density at radius 3 is 2.21 bits per heavy atom. The summed E-state index contributed by atoms with van der Waals surface area (Å²) in [4.78, 5) is 9.57. The van der Waals surface area contributed by atoms with Gasteiger partial charge in [-0.05, 0) is 31.5 Å². The van der Waals surface area contributed by atoms with Crippen LogP contribution in [-0.2, 0) is 4.79 Å². The number of rotatable bonds is 1. The standard InChI is InChI=1S/C7H8O.C3H7NO2/c1-6-3-2-4-7(8)5-6;1-2(4)3(5)6/h2-5,8H,1H3;2H,4H2,1H3,(H,5,6). The summed E-state index contributed by atoms with van der Waals surface area (Å²) < 4.78 is 0. The minimum absolute atomic E-state index is 0.338. The Morgan fingerprint density at radius 2 is 2.00 bits per heavy atom. The van der Waals surface area contributed by atoms with E-state index in [2.05, 4.69) is 0 Å². The number of phenols is 1. The van der Waals surface area contributed by atoms with E-state index >= 15 is 0 Å². The second-order valence-electron chi connectivity index (χ2n) is 2.97. The largest absolute Gasteiger partial charge is 0.508 e. The fourth-order valence-electron chi connectivity index (χ4n) is 0.628. The number of aryl methyl sites for hydroxylation is 1. The van der Waals surface area contributed by atoms with Crippen LogP contribution in [0.25, 0.3) is 0 Å². The van der Waals surface area contributed by atoms with Crippen molar-refractivity contribution >= 4 is 5.97 Å². The number of carboxylic acids is 1. The van der Waals surface area contributed by atoms with Gasteiger partial charge in [-0.1, -0.05) is 12.1 Å². The van der Waals surface area contributed by atoms with Gasteiger partial charge in [0.05, 0.1) is 0 Å². The highest BCUT2D eigenvalue weighted by Crippen LogP contribution is 2.08. The van der Waals surface area contributed by atoms with Gasteiger partial charge in [-0.3, -0.25) is 4.79 Å². The van der Waals surface area contributed by atoms with Crippen molar-refractivity contribution in [1.82, 2.24) is 0 Å². The van der Waals surface area contributed by atoms with E-state index in [0.717, 1.165) is 5.56 Å². The van der Waals surface area contributed by atoms with E-state index in [1.165, 1.54) is 6.92 Å². The van der Waals surface area contributed by atoms with Crippen molar-refractivity contribution in [2.24, 2.45) is 5.73 Å². The number of phenolic OH excluding ortho intramolecular Hbond substituents is 1. The lowest BCUT2D eigenvalue weighted by Crippen LogP contribution is -2.25. The molecule has 0 radical (unpaired) electrons. The van der Waals surface area contributed by atoms with Crippen LogP contribution in [0.15, 0.2) is 24.3 Å². The summed E-state index contributed by atoms with van der Waals surface area (Å²) in [6.45, 7) is 3.36. The summed E-state index contributed by atoms with van der Waals surface area (Å²) in [5.74, 6) is -0.625. The van der Waals surface area contributed by atoms with Crippen LogP contribution in [0.1, 0.15) is 12.5 Å². The Balaban J connectivity index is 0.000000255. The normalized spacial score (nSPS) is 11.1. The molecule has 1 unspecified atom stereocenters. The molecule has 0 aliphatic carbocycles. The van der Waals surface area contributed by atoms with Gasteiger partial charge in [0.2, 0.25) is 0 Å². The van der Waals surface area contributed by atoms with Crippen molar-refractivity contribution in [2.45, 2.75) is 19.9 Å². The van der Waals surface area contributed by atoms with Gasteiger partial charge >= 0.3 is 5.97 Å². The lowest BCUT2D eigenvalue weighted by atomic mass is 10.2. The number of benzene rings is 1. The molecule has 0 fully saturated rings. The van der Waals surface area contributed by atoms with Crippen LogP contribution in [0.4, 0.5) is 0 Å². The summed E-state index contributed by atoms with van der Waals surface area (Å²) >= 11 is 0. The van der Waals surface area contributed by atoms with Crippen LogP contribution < -0.4 is 5.73 Å². The molecule has 4 nitrogen and oxygen atoms in total. The SMILES string of the molecule is CC(N)C(=O)O.Cc1cccc(O)c1. The van der Waals surface area contributed by atoms with Gasteiger partial charge in [-0.15, -0.1) is 0 Å². The summed E-state index contributed by atoms with van der Waals surface area (Å²) in [5.41, 5.74) is 5.92. The van der Waals surface area contributed by atoms with Crippen LogP contribution >= 0.6 is 0 Å². The van der Waals surface area contributed by atoms with Crippen molar-refractivity contribution in [3.63, 3.8) is 0 Å². The first kappa shape index (κ1) is 12.4. The van der Waals surface area contributed by atoms with Gasteiger partial charge in [0.15, 0.2) is 0 Å². The first-order valence-corrected chi connectivity index (χ1v) is 4.17. The third-order valence-electron chi connectivity index (χ3n) is 1.39. The Morgan fingerprint density at radius 1 is 1.50 bits per heavy atom. The molecule has 0 aromatic heterocycles. The van der Waals surface area contributed by atoms with Crippen molar-refractivity contribution < 1.29 is 15.0 Å². The Labute approximate surface area is 83.0 Å². The third kappa shape index (κ3) is 6.02. The molecule has 1 aromatic carbocycles. The molecule has 0 spiro atoms. The molecule has 0 aliphatic heterocycles. The van der Waals surface area contributed by atoms with Gasteiger partial charge in [0.25, 0.3) is 0 Å². The smallest absolute Gasteiger partial charge is 0.320 e. The first-order chi connectivity index (χ1) is 6.43. The number of carboxylic acid groups (broad SMARTS) is 1. The molecular formula is C10H15NO3. The molecule has 1 aromatic rings. The van der Waals surface area contributed by atoms with Gasteiger partial charge < -0.3 is 15.9 Å². The van der Waals surface area contributed by atoms with Gasteiger partial charge in [0.1, 0.15) is 11.8 Å². The monoisotopic (exact) mass is 197 g/mol. The molecule has 4 heteroatoms. The highest BCUT2D eigenvalue weighted by molar-refractivity contribution is 5.72. The molecule has 1 atom stereocenters. The molecule has 0 saturated heterocycles. The zero-order valence-corrected chi connectivity index (χ0v) is 8.27. The average molecular weight is 197 g/mol. The summed E-state index contributed by atoms with van der Waals surface area (Å²) in [6, 6.07) is 6.42. The molecule has 4 N–H and O–H groups in total. The molecule has 1 rings (SSSR count). The molecule has 78 valence electrons. The topological polar surface area (TPSA) is 83.6 Å².